The fraction of sp³-hybridized carbons (Fsp3) is 0.538. The van der Waals surface area contributed by atoms with Gasteiger partial charge in [0.25, 0.3) is 0 Å². The summed E-state index contributed by atoms with van der Waals surface area (Å²) in [5, 5.41) is 4.31. The predicted octanol–water partition coefficient (Wildman–Crippen LogP) is 2.94. The van der Waals surface area contributed by atoms with Gasteiger partial charge >= 0.3 is 0 Å². The van der Waals surface area contributed by atoms with Crippen molar-refractivity contribution >= 4 is 33.2 Å². The Hall–Kier alpha value is -0.290. The molecule has 1 aliphatic rings. The highest BCUT2D eigenvalue weighted by molar-refractivity contribution is 9.10. The Labute approximate surface area is 122 Å². The Balaban J connectivity index is 2.16. The van der Waals surface area contributed by atoms with E-state index in [0.717, 1.165) is 34.7 Å². The molecular formula is C13H19BrClN3. The molecule has 1 fully saturated rings. The van der Waals surface area contributed by atoms with Gasteiger partial charge < -0.3 is 16.0 Å². The average Bonchev–Trinajstić information content (AvgIpc) is 2.34. The molecule has 1 saturated heterocycles. The van der Waals surface area contributed by atoms with Crippen LogP contribution in [0.15, 0.2) is 22.7 Å². The summed E-state index contributed by atoms with van der Waals surface area (Å²) in [5.41, 5.74) is 7.02. The Morgan fingerprint density at radius 3 is 2.94 bits per heavy atom. The Morgan fingerprint density at radius 2 is 2.33 bits per heavy atom. The minimum atomic E-state index is -0.0275. The van der Waals surface area contributed by atoms with Crippen LogP contribution in [-0.4, -0.2) is 37.1 Å². The second-order valence-electron chi connectivity index (χ2n) is 5.08. The second-order valence-corrected chi connectivity index (χ2v) is 6.34. The van der Waals surface area contributed by atoms with Crippen molar-refractivity contribution in [3.8, 4) is 0 Å². The van der Waals surface area contributed by atoms with E-state index in [2.05, 4.69) is 33.2 Å². The molecule has 1 heterocycles. The summed E-state index contributed by atoms with van der Waals surface area (Å²) in [6.07, 6.45) is 2.28. The zero-order chi connectivity index (χ0) is 13.2. The molecule has 0 saturated carbocycles. The fourth-order valence-electron chi connectivity index (χ4n) is 2.56. The third-order valence-corrected chi connectivity index (χ3v) is 4.70. The SMILES string of the molecule is CN1CCCC(CN)(Nc2ccc(Cl)c(Br)c2)C1. The fourth-order valence-corrected chi connectivity index (χ4v) is 3.06. The number of rotatable bonds is 3. The van der Waals surface area contributed by atoms with E-state index in [1.807, 2.05) is 18.2 Å². The second kappa shape index (κ2) is 5.78. The minimum Gasteiger partial charge on any atom is -0.377 e. The van der Waals surface area contributed by atoms with E-state index in [1.165, 1.54) is 6.42 Å². The largest absolute Gasteiger partial charge is 0.377 e. The first-order valence-corrected chi connectivity index (χ1v) is 7.34. The maximum absolute atomic E-state index is 6.01. The van der Waals surface area contributed by atoms with Gasteiger partial charge in [0.1, 0.15) is 0 Å². The summed E-state index contributed by atoms with van der Waals surface area (Å²) in [6, 6.07) is 5.90. The summed E-state index contributed by atoms with van der Waals surface area (Å²) in [7, 11) is 2.14. The van der Waals surface area contributed by atoms with Crippen LogP contribution in [0.5, 0.6) is 0 Å². The number of benzene rings is 1. The quantitative estimate of drug-likeness (QED) is 0.894. The van der Waals surface area contributed by atoms with Gasteiger partial charge in [0.15, 0.2) is 0 Å². The van der Waals surface area contributed by atoms with Crippen molar-refractivity contribution in [2.75, 3.05) is 32.0 Å². The van der Waals surface area contributed by atoms with Gasteiger partial charge in [0, 0.05) is 23.2 Å². The summed E-state index contributed by atoms with van der Waals surface area (Å²) >= 11 is 9.46. The van der Waals surface area contributed by atoms with Crippen LogP contribution in [0.3, 0.4) is 0 Å². The van der Waals surface area contributed by atoms with Crippen molar-refractivity contribution < 1.29 is 0 Å². The topological polar surface area (TPSA) is 41.3 Å². The van der Waals surface area contributed by atoms with Crippen LogP contribution >= 0.6 is 27.5 Å². The van der Waals surface area contributed by atoms with Gasteiger partial charge in [-0.3, -0.25) is 0 Å². The number of likely N-dealkylation sites (N-methyl/N-ethyl adjacent to an activating group) is 1. The van der Waals surface area contributed by atoms with E-state index in [4.69, 9.17) is 17.3 Å². The summed E-state index contributed by atoms with van der Waals surface area (Å²) in [5.74, 6) is 0. The van der Waals surface area contributed by atoms with Crippen LogP contribution in [0.25, 0.3) is 0 Å². The summed E-state index contributed by atoms with van der Waals surface area (Å²) in [4.78, 5) is 2.33. The molecule has 18 heavy (non-hydrogen) atoms. The van der Waals surface area contributed by atoms with Crippen LogP contribution < -0.4 is 11.1 Å². The molecule has 2 rings (SSSR count). The van der Waals surface area contributed by atoms with E-state index in [-0.39, 0.29) is 5.54 Å². The number of likely N-dealkylation sites (tertiary alicyclic amines) is 1. The number of piperidine rings is 1. The molecule has 0 bridgehead atoms. The van der Waals surface area contributed by atoms with E-state index < -0.39 is 0 Å². The summed E-state index contributed by atoms with van der Waals surface area (Å²) < 4.78 is 0.908. The molecule has 0 aliphatic carbocycles. The van der Waals surface area contributed by atoms with Gasteiger partial charge in [-0.2, -0.15) is 0 Å². The smallest absolute Gasteiger partial charge is 0.0622 e. The predicted molar refractivity (Wildman–Crippen MR) is 81.3 cm³/mol. The number of halogens is 2. The average molecular weight is 333 g/mol. The normalized spacial score (nSPS) is 25.1. The molecule has 0 amide bonds. The zero-order valence-electron chi connectivity index (χ0n) is 10.5. The molecular weight excluding hydrogens is 314 g/mol. The Kier molecular flexibility index (Phi) is 4.54. The van der Waals surface area contributed by atoms with Crippen molar-refractivity contribution in [2.45, 2.75) is 18.4 Å². The van der Waals surface area contributed by atoms with Crippen LogP contribution in [0.4, 0.5) is 5.69 Å². The first-order chi connectivity index (χ1) is 8.54. The highest BCUT2D eigenvalue weighted by Crippen LogP contribution is 2.29. The highest BCUT2D eigenvalue weighted by atomic mass is 79.9. The van der Waals surface area contributed by atoms with Gasteiger partial charge in [0.05, 0.1) is 10.6 Å². The lowest BCUT2D eigenvalue weighted by Gasteiger charge is -2.42. The van der Waals surface area contributed by atoms with Gasteiger partial charge in [-0.15, -0.1) is 0 Å². The number of nitrogens with zero attached hydrogens (tertiary/aromatic N) is 1. The number of nitrogens with one attached hydrogen (secondary N) is 1. The van der Waals surface area contributed by atoms with E-state index in [0.29, 0.717) is 6.54 Å². The van der Waals surface area contributed by atoms with Crippen molar-refractivity contribution in [3.05, 3.63) is 27.7 Å². The molecule has 1 aliphatic heterocycles. The molecule has 100 valence electrons. The van der Waals surface area contributed by atoms with Crippen molar-refractivity contribution in [1.82, 2.24) is 4.90 Å². The number of anilines is 1. The van der Waals surface area contributed by atoms with Gasteiger partial charge in [-0.05, 0) is 60.6 Å². The Morgan fingerprint density at radius 1 is 1.56 bits per heavy atom. The molecule has 3 N–H and O–H groups in total. The lowest BCUT2D eigenvalue weighted by Crippen LogP contribution is -2.56. The van der Waals surface area contributed by atoms with E-state index in [1.54, 1.807) is 0 Å². The third kappa shape index (κ3) is 3.18. The molecule has 5 heteroatoms. The lowest BCUT2D eigenvalue weighted by molar-refractivity contribution is 0.198. The lowest BCUT2D eigenvalue weighted by atomic mass is 9.89. The number of hydrogen-bond donors (Lipinski definition) is 2. The van der Waals surface area contributed by atoms with Crippen molar-refractivity contribution in [2.24, 2.45) is 5.73 Å². The number of nitrogens with two attached hydrogens (primary N) is 1. The molecule has 1 aromatic rings. The van der Waals surface area contributed by atoms with Crippen LogP contribution in [0.1, 0.15) is 12.8 Å². The number of hydrogen-bond acceptors (Lipinski definition) is 3. The molecule has 0 spiro atoms. The monoisotopic (exact) mass is 331 g/mol. The molecule has 1 atom stereocenters. The Bertz CT molecular complexity index is 427. The molecule has 3 nitrogen and oxygen atoms in total. The van der Waals surface area contributed by atoms with Gasteiger partial charge in [-0.1, -0.05) is 11.6 Å². The van der Waals surface area contributed by atoms with E-state index >= 15 is 0 Å². The van der Waals surface area contributed by atoms with Crippen molar-refractivity contribution in [1.29, 1.82) is 0 Å². The summed E-state index contributed by atoms with van der Waals surface area (Å²) in [6.45, 7) is 2.76. The minimum absolute atomic E-state index is 0.0275. The molecule has 0 aromatic heterocycles. The van der Waals surface area contributed by atoms with Crippen LogP contribution in [-0.2, 0) is 0 Å². The standard InChI is InChI=1S/C13H19BrClN3/c1-18-6-2-5-13(8-16,9-18)17-10-3-4-12(15)11(14)7-10/h3-4,7,17H,2,5-6,8-9,16H2,1H3. The van der Waals surface area contributed by atoms with E-state index in [9.17, 15) is 0 Å². The van der Waals surface area contributed by atoms with Gasteiger partial charge in [-0.25, -0.2) is 0 Å². The van der Waals surface area contributed by atoms with Crippen LogP contribution in [0, 0.1) is 0 Å². The maximum atomic E-state index is 6.01. The van der Waals surface area contributed by atoms with Gasteiger partial charge in [0.2, 0.25) is 0 Å². The molecule has 1 unspecified atom stereocenters. The molecule has 1 aromatic carbocycles. The first kappa shape index (κ1) is 14.1. The van der Waals surface area contributed by atoms with Crippen LogP contribution in [0.2, 0.25) is 5.02 Å². The van der Waals surface area contributed by atoms with Crippen molar-refractivity contribution in [3.63, 3.8) is 0 Å². The third-order valence-electron chi connectivity index (χ3n) is 3.49. The maximum Gasteiger partial charge on any atom is 0.0622 e. The molecule has 0 radical (unpaired) electrons. The first-order valence-electron chi connectivity index (χ1n) is 6.16. The zero-order valence-corrected chi connectivity index (χ0v) is 12.9. The highest BCUT2D eigenvalue weighted by Gasteiger charge is 2.32.